The van der Waals surface area contributed by atoms with Crippen molar-refractivity contribution in [2.75, 3.05) is 13.1 Å². The number of likely N-dealkylation sites (tertiary alicyclic amines) is 1. The van der Waals surface area contributed by atoms with E-state index in [1.54, 1.807) is 29.2 Å². The quantitative estimate of drug-likeness (QED) is 0.259. The Morgan fingerprint density at radius 1 is 1.02 bits per heavy atom. The van der Waals surface area contributed by atoms with Crippen molar-refractivity contribution in [2.24, 2.45) is 0 Å². The molecule has 4 rings (SSSR count). The minimum Gasteiger partial charge on any atom is -0.378 e. The van der Waals surface area contributed by atoms with Crippen LogP contribution in [0.15, 0.2) is 90.8 Å². The molecule has 11 heteroatoms. The second kappa shape index (κ2) is 13.6. The van der Waals surface area contributed by atoms with Crippen molar-refractivity contribution in [3.63, 3.8) is 0 Å². The highest BCUT2D eigenvalue weighted by Crippen LogP contribution is 2.30. The van der Waals surface area contributed by atoms with Crippen molar-refractivity contribution < 1.29 is 31.5 Å². The van der Waals surface area contributed by atoms with Gasteiger partial charge in [0.05, 0.1) is 5.56 Å². The van der Waals surface area contributed by atoms with Crippen LogP contribution in [-0.4, -0.2) is 49.7 Å². The molecule has 0 aliphatic carbocycles. The van der Waals surface area contributed by atoms with Gasteiger partial charge >= 0.3 is 6.18 Å². The number of alkyl halides is 3. The molecule has 42 heavy (non-hydrogen) atoms. The van der Waals surface area contributed by atoms with E-state index in [1.807, 2.05) is 30.3 Å². The second-order valence-corrected chi connectivity index (χ2v) is 12.0. The Hall–Kier alpha value is -3.51. The summed E-state index contributed by atoms with van der Waals surface area (Å²) in [5, 5.41) is 15.0. The van der Waals surface area contributed by atoms with Gasteiger partial charge in [0.2, 0.25) is 10.0 Å². The summed E-state index contributed by atoms with van der Waals surface area (Å²) in [6.07, 6.45) is -3.53. The van der Waals surface area contributed by atoms with Gasteiger partial charge in [-0.2, -0.15) is 13.2 Å². The van der Waals surface area contributed by atoms with E-state index in [9.17, 15) is 31.5 Å². The summed E-state index contributed by atoms with van der Waals surface area (Å²) in [5.74, 6) is -0.624. The first-order valence-electron chi connectivity index (χ1n) is 13.6. The van der Waals surface area contributed by atoms with Crippen molar-refractivity contribution in [1.82, 2.24) is 14.9 Å². The summed E-state index contributed by atoms with van der Waals surface area (Å²) in [7, 11) is -3.60. The largest absolute Gasteiger partial charge is 0.416 e. The number of aliphatic hydroxyl groups is 1. The third kappa shape index (κ3) is 8.28. The number of hydrogen-bond acceptors (Lipinski definition) is 5. The molecule has 2 unspecified atom stereocenters. The monoisotopic (exact) mass is 601 g/mol. The number of aliphatic hydroxyl groups excluding tert-OH is 1. The van der Waals surface area contributed by atoms with Crippen LogP contribution in [0.5, 0.6) is 0 Å². The zero-order valence-corrected chi connectivity index (χ0v) is 23.7. The SMILES string of the molecule is C=CS(=O)(=O)NC[C@H]1CCCN1C(=O)c1ccc(C(Cc2ccccc2)C(O)NCc2ccc(C(F)(F)F)cc2)cc1. The molecular weight excluding hydrogens is 567 g/mol. The Labute approximate surface area is 244 Å². The van der Waals surface area contributed by atoms with Gasteiger partial charge in [0.1, 0.15) is 6.23 Å². The number of halogens is 3. The summed E-state index contributed by atoms with van der Waals surface area (Å²) in [4.78, 5) is 15.0. The maximum Gasteiger partial charge on any atom is 0.416 e. The van der Waals surface area contributed by atoms with Crippen LogP contribution >= 0.6 is 0 Å². The molecule has 0 aromatic heterocycles. The third-order valence-corrected chi connectivity index (χ3v) is 8.45. The molecule has 1 aliphatic rings. The van der Waals surface area contributed by atoms with E-state index in [-0.39, 0.29) is 25.0 Å². The van der Waals surface area contributed by atoms with Gasteiger partial charge in [0, 0.05) is 42.6 Å². The molecule has 1 fully saturated rings. The van der Waals surface area contributed by atoms with Crippen molar-refractivity contribution in [3.8, 4) is 0 Å². The molecule has 7 nitrogen and oxygen atoms in total. The molecule has 0 bridgehead atoms. The topological polar surface area (TPSA) is 98.7 Å². The molecule has 1 amide bonds. The Morgan fingerprint density at radius 2 is 1.69 bits per heavy atom. The number of sulfonamides is 1. The molecule has 1 saturated heterocycles. The maximum atomic E-state index is 13.3. The van der Waals surface area contributed by atoms with Gasteiger partial charge in [0.15, 0.2) is 0 Å². The number of nitrogens with one attached hydrogen (secondary N) is 2. The first kappa shape index (κ1) is 31.4. The molecule has 1 aliphatic heterocycles. The van der Waals surface area contributed by atoms with E-state index in [4.69, 9.17) is 0 Å². The average molecular weight is 602 g/mol. The van der Waals surface area contributed by atoms with E-state index in [2.05, 4.69) is 16.6 Å². The van der Waals surface area contributed by atoms with E-state index in [0.29, 0.717) is 30.5 Å². The van der Waals surface area contributed by atoms with E-state index in [1.165, 1.54) is 12.1 Å². The molecule has 3 N–H and O–H groups in total. The molecule has 224 valence electrons. The van der Waals surface area contributed by atoms with Crippen LogP contribution < -0.4 is 10.0 Å². The Morgan fingerprint density at radius 3 is 2.31 bits per heavy atom. The van der Waals surface area contributed by atoms with Gasteiger partial charge < -0.3 is 10.0 Å². The van der Waals surface area contributed by atoms with Crippen molar-refractivity contribution in [3.05, 3.63) is 119 Å². The Bertz CT molecular complexity index is 1450. The van der Waals surface area contributed by atoms with Gasteiger partial charge in [-0.25, -0.2) is 13.1 Å². The minimum absolute atomic E-state index is 0.105. The lowest BCUT2D eigenvalue weighted by Gasteiger charge is -2.26. The summed E-state index contributed by atoms with van der Waals surface area (Å²) in [5.41, 5.74) is 2.07. The molecule has 0 radical (unpaired) electrons. The normalized spacial score (nSPS) is 17.1. The van der Waals surface area contributed by atoms with Crippen molar-refractivity contribution >= 4 is 15.9 Å². The lowest BCUT2D eigenvalue weighted by molar-refractivity contribution is -0.137. The number of nitrogens with zero attached hydrogens (tertiary/aromatic N) is 1. The van der Waals surface area contributed by atoms with E-state index < -0.39 is 33.9 Å². The van der Waals surface area contributed by atoms with Crippen molar-refractivity contribution in [1.29, 1.82) is 0 Å². The zero-order chi connectivity index (χ0) is 30.3. The summed E-state index contributed by atoms with van der Waals surface area (Å²) >= 11 is 0. The zero-order valence-electron chi connectivity index (χ0n) is 22.9. The lowest BCUT2D eigenvalue weighted by atomic mass is 9.89. The van der Waals surface area contributed by atoms with E-state index in [0.717, 1.165) is 35.1 Å². The van der Waals surface area contributed by atoms with Crippen LogP contribution in [0.2, 0.25) is 0 Å². The number of amides is 1. The molecule has 3 atom stereocenters. The predicted molar refractivity (Wildman–Crippen MR) is 155 cm³/mol. The van der Waals surface area contributed by atoms with Gasteiger partial charge in [-0.15, -0.1) is 0 Å². The average Bonchev–Trinajstić information content (AvgIpc) is 3.46. The van der Waals surface area contributed by atoms with E-state index >= 15 is 0 Å². The fourth-order valence-corrected chi connectivity index (χ4v) is 5.62. The van der Waals surface area contributed by atoms with Crippen LogP contribution in [0.3, 0.4) is 0 Å². The highest BCUT2D eigenvalue weighted by Gasteiger charge is 2.31. The summed E-state index contributed by atoms with van der Waals surface area (Å²) < 4.78 is 64.7. The lowest BCUT2D eigenvalue weighted by Crippen LogP contribution is -2.42. The second-order valence-electron chi connectivity index (χ2n) is 10.3. The Kier molecular flexibility index (Phi) is 10.2. The first-order valence-corrected chi connectivity index (χ1v) is 15.2. The smallest absolute Gasteiger partial charge is 0.378 e. The Balaban J connectivity index is 1.47. The molecular formula is C31H34F3N3O4S. The highest BCUT2D eigenvalue weighted by molar-refractivity contribution is 7.92. The van der Waals surface area contributed by atoms with Crippen LogP contribution in [0, 0.1) is 0 Å². The first-order chi connectivity index (χ1) is 20.0. The van der Waals surface area contributed by atoms with Gasteiger partial charge in [0.25, 0.3) is 5.91 Å². The predicted octanol–water partition coefficient (Wildman–Crippen LogP) is 4.81. The number of carbonyl (C=O) groups excluding carboxylic acids is 1. The summed E-state index contributed by atoms with van der Waals surface area (Å²) in [6.45, 7) is 4.07. The number of carbonyl (C=O) groups is 1. The third-order valence-electron chi connectivity index (χ3n) is 7.44. The molecule has 3 aromatic carbocycles. The maximum absolute atomic E-state index is 13.3. The minimum atomic E-state index is -4.42. The fourth-order valence-electron chi connectivity index (χ4n) is 5.08. The van der Waals surface area contributed by atoms with Crippen LogP contribution in [0.4, 0.5) is 13.2 Å². The molecule has 1 heterocycles. The summed E-state index contributed by atoms with van der Waals surface area (Å²) in [6, 6.07) is 21.1. The highest BCUT2D eigenvalue weighted by atomic mass is 32.2. The fraction of sp³-hybridized carbons (Fsp3) is 0.323. The van der Waals surface area contributed by atoms with Crippen molar-refractivity contribution in [2.45, 2.75) is 50.2 Å². The number of hydrogen-bond donors (Lipinski definition) is 3. The van der Waals surface area contributed by atoms with Crippen LogP contribution in [0.25, 0.3) is 0 Å². The molecule has 3 aromatic rings. The van der Waals surface area contributed by atoms with Gasteiger partial charge in [-0.1, -0.05) is 61.2 Å². The van der Waals surface area contributed by atoms with Gasteiger partial charge in [-0.3, -0.25) is 10.1 Å². The van der Waals surface area contributed by atoms with Gasteiger partial charge in [-0.05, 0) is 60.2 Å². The van der Waals surface area contributed by atoms with Crippen LogP contribution in [0.1, 0.15) is 51.4 Å². The molecule has 0 saturated carbocycles. The van der Waals surface area contributed by atoms with Crippen LogP contribution in [-0.2, 0) is 29.2 Å². The molecule has 0 spiro atoms. The number of rotatable bonds is 12. The number of benzene rings is 3. The standard InChI is InChI=1S/C31H34F3N3O4S/c1-2-42(40,41)36-21-27-9-6-18-37(27)30(39)25-14-12-24(13-15-25)28(19-22-7-4-3-5-8-22)29(38)35-20-23-10-16-26(17-11-23)31(32,33)34/h2-5,7-8,10-17,27-29,35-36,38H,1,6,9,18-21H2/t27-,28?,29?/m1/s1.